The van der Waals surface area contributed by atoms with E-state index in [-0.39, 0.29) is 11.9 Å². The average Bonchev–Trinajstić information content (AvgIpc) is 2.38. The Hall–Kier alpha value is -2.09. The van der Waals surface area contributed by atoms with Gasteiger partial charge in [0.2, 0.25) is 5.95 Å². The van der Waals surface area contributed by atoms with Crippen LogP contribution in [-0.4, -0.2) is 41.5 Å². The lowest BCUT2D eigenvalue weighted by molar-refractivity contribution is -0.125. The molecule has 1 aromatic rings. The summed E-state index contributed by atoms with van der Waals surface area (Å²) in [5.41, 5.74) is 0. The van der Waals surface area contributed by atoms with Crippen LogP contribution in [0.4, 0.5) is 10.2 Å². The van der Waals surface area contributed by atoms with Gasteiger partial charge in [0.25, 0.3) is 5.91 Å². The number of piperazine rings is 1. The third kappa shape index (κ3) is 3.02. The molecule has 2 heterocycles. The van der Waals surface area contributed by atoms with Gasteiger partial charge in [-0.05, 0) is 31.9 Å². The number of amides is 1. The van der Waals surface area contributed by atoms with Crippen molar-refractivity contribution in [1.29, 1.82) is 0 Å². The van der Waals surface area contributed by atoms with E-state index in [9.17, 15) is 9.18 Å². The van der Waals surface area contributed by atoms with Gasteiger partial charge in [-0.1, -0.05) is 12.0 Å². The zero-order valence-corrected chi connectivity index (χ0v) is 11.1. The number of pyridine rings is 1. The monoisotopic (exact) mass is 261 g/mol. The fraction of sp³-hybridized carbons (Fsp3) is 0.429. The van der Waals surface area contributed by atoms with Crippen LogP contribution < -0.4 is 4.90 Å². The van der Waals surface area contributed by atoms with Crippen molar-refractivity contribution in [3.63, 3.8) is 0 Å². The average molecular weight is 261 g/mol. The largest absolute Gasteiger partial charge is 0.350 e. The minimum Gasteiger partial charge on any atom is -0.350 e. The number of hydrogen-bond acceptors (Lipinski definition) is 3. The molecule has 0 N–H and O–H groups in total. The maximum Gasteiger partial charge on any atom is 0.298 e. The van der Waals surface area contributed by atoms with Crippen molar-refractivity contribution in [3.05, 3.63) is 24.1 Å². The van der Waals surface area contributed by atoms with Crippen molar-refractivity contribution in [2.24, 2.45) is 0 Å². The van der Waals surface area contributed by atoms with Crippen molar-refractivity contribution in [2.75, 3.05) is 24.5 Å². The third-order valence-corrected chi connectivity index (χ3v) is 3.14. The first-order valence-electron chi connectivity index (χ1n) is 6.22. The standard InChI is InChI=1S/C14H16FN3O/c1-3-5-14(19)17-8-9-18(11(2)10-17)13-7-4-6-12(15)16-13/h4,6-7,11H,8-10H2,1-2H3. The smallest absolute Gasteiger partial charge is 0.298 e. The Morgan fingerprint density at radius 2 is 2.26 bits per heavy atom. The molecule has 4 nitrogen and oxygen atoms in total. The summed E-state index contributed by atoms with van der Waals surface area (Å²) >= 11 is 0. The number of hydrogen-bond donors (Lipinski definition) is 0. The Morgan fingerprint density at radius 3 is 2.89 bits per heavy atom. The van der Waals surface area contributed by atoms with E-state index in [1.165, 1.54) is 6.07 Å². The quantitative estimate of drug-likeness (QED) is 0.564. The van der Waals surface area contributed by atoms with Crippen molar-refractivity contribution in [1.82, 2.24) is 9.88 Å². The lowest BCUT2D eigenvalue weighted by Gasteiger charge is -2.39. The summed E-state index contributed by atoms with van der Waals surface area (Å²) in [7, 11) is 0. The van der Waals surface area contributed by atoms with E-state index in [1.807, 2.05) is 11.8 Å². The van der Waals surface area contributed by atoms with E-state index >= 15 is 0 Å². The number of halogens is 1. The molecule has 1 atom stereocenters. The molecule has 100 valence electrons. The van der Waals surface area contributed by atoms with Gasteiger partial charge in [0.05, 0.1) is 0 Å². The van der Waals surface area contributed by atoms with Crippen LogP contribution in [0.15, 0.2) is 18.2 Å². The second kappa shape index (κ2) is 5.70. The SMILES string of the molecule is CC#CC(=O)N1CCN(c2cccc(F)n2)C(C)C1. The van der Waals surface area contributed by atoms with Gasteiger partial charge in [-0.25, -0.2) is 4.98 Å². The minimum absolute atomic E-state index is 0.0886. The summed E-state index contributed by atoms with van der Waals surface area (Å²) in [5, 5.41) is 0. The Balaban J connectivity index is 2.08. The molecule has 1 fully saturated rings. The van der Waals surface area contributed by atoms with Crippen LogP contribution in [0.1, 0.15) is 13.8 Å². The maximum absolute atomic E-state index is 13.1. The van der Waals surface area contributed by atoms with E-state index in [4.69, 9.17) is 0 Å². The molecule has 1 aliphatic heterocycles. The summed E-state index contributed by atoms with van der Waals surface area (Å²) in [6, 6.07) is 4.84. The molecule has 0 saturated carbocycles. The Labute approximate surface area is 112 Å². The topological polar surface area (TPSA) is 36.4 Å². The zero-order valence-electron chi connectivity index (χ0n) is 11.1. The fourth-order valence-electron chi connectivity index (χ4n) is 2.23. The summed E-state index contributed by atoms with van der Waals surface area (Å²) < 4.78 is 13.1. The van der Waals surface area contributed by atoms with E-state index in [0.29, 0.717) is 25.5 Å². The molecule has 19 heavy (non-hydrogen) atoms. The van der Waals surface area contributed by atoms with Crippen molar-refractivity contribution in [2.45, 2.75) is 19.9 Å². The van der Waals surface area contributed by atoms with Crippen LogP contribution in [0, 0.1) is 17.8 Å². The fourth-order valence-corrected chi connectivity index (χ4v) is 2.23. The second-order valence-corrected chi connectivity index (χ2v) is 4.49. The van der Waals surface area contributed by atoms with Gasteiger partial charge in [0.15, 0.2) is 0 Å². The van der Waals surface area contributed by atoms with Crippen LogP contribution >= 0.6 is 0 Å². The van der Waals surface area contributed by atoms with Gasteiger partial charge in [0, 0.05) is 25.7 Å². The summed E-state index contributed by atoms with van der Waals surface area (Å²) in [6.07, 6.45) is 0. The maximum atomic E-state index is 13.1. The van der Waals surface area contributed by atoms with E-state index in [2.05, 4.69) is 16.8 Å². The molecule has 0 radical (unpaired) electrons. The Morgan fingerprint density at radius 1 is 1.47 bits per heavy atom. The highest BCUT2D eigenvalue weighted by Crippen LogP contribution is 2.18. The van der Waals surface area contributed by atoms with Gasteiger partial charge in [-0.15, -0.1) is 0 Å². The number of anilines is 1. The number of nitrogens with zero attached hydrogens (tertiary/aromatic N) is 3. The predicted octanol–water partition coefficient (Wildman–Crippen LogP) is 1.28. The van der Waals surface area contributed by atoms with Crippen LogP contribution in [0.2, 0.25) is 0 Å². The number of carbonyl (C=O) groups is 1. The van der Waals surface area contributed by atoms with Crippen LogP contribution in [0.5, 0.6) is 0 Å². The minimum atomic E-state index is -0.486. The van der Waals surface area contributed by atoms with E-state index < -0.39 is 5.95 Å². The van der Waals surface area contributed by atoms with Gasteiger partial charge in [-0.3, -0.25) is 4.79 Å². The molecule has 0 aliphatic carbocycles. The van der Waals surface area contributed by atoms with Gasteiger partial charge < -0.3 is 9.80 Å². The highest BCUT2D eigenvalue weighted by molar-refractivity contribution is 5.93. The first kappa shape index (κ1) is 13.3. The molecule has 1 unspecified atom stereocenters. The molecule has 1 amide bonds. The van der Waals surface area contributed by atoms with Crippen LogP contribution in [0.3, 0.4) is 0 Å². The Kier molecular flexibility index (Phi) is 4.00. The normalized spacial score (nSPS) is 18.8. The van der Waals surface area contributed by atoms with Gasteiger partial charge in [0.1, 0.15) is 5.82 Å². The van der Waals surface area contributed by atoms with E-state index in [1.54, 1.807) is 24.0 Å². The zero-order chi connectivity index (χ0) is 13.8. The third-order valence-electron chi connectivity index (χ3n) is 3.14. The predicted molar refractivity (Wildman–Crippen MR) is 71.0 cm³/mol. The molecular formula is C14H16FN3O. The molecule has 0 spiro atoms. The van der Waals surface area contributed by atoms with Crippen LogP contribution in [0.25, 0.3) is 0 Å². The molecular weight excluding hydrogens is 245 g/mol. The molecule has 1 aliphatic rings. The molecule has 5 heteroatoms. The highest BCUT2D eigenvalue weighted by atomic mass is 19.1. The van der Waals surface area contributed by atoms with Crippen molar-refractivity contribution < 1.29 is 9.18 Å². The first-order valence-corrected chi connectivity index (χ1v) is 6.22. The number of carbonyl (C=O) groups excluding carboxylic acids is 1. The summed E-state index contributed by atoms with van der Waals surface area (Å²) in [6.45, 7) is 5.43. The highest BCUT2D eigenvalue weighted by Gasteiger charge is 2.26. The lowest BCUT2D eigenvalue weighted by Crippen LogP contribution is -2.53. The van der Waals surface area contributed by atoms with Crippen molar-refractivity contribution in [3.8, 4) is 11.8 Å². The summed E-state index contributed by atoms with van der Waals surface area (Å²) in [5.74, 6) is 5.13. The van der Waals surface area contributed by atoms with E-state index in [0.717, 1.165) is 0 Å². The van der Waals surface area contributed by atoms with Gasteiger partial charge in [-0.2, -0.15) is 4.39 Å². The molecule has 1 aromatic heterocycles. The van der Waals surface area contributed by atoms with Gasteiger partial charge >= 0.3 is 0 Å². The lowest BCUT2D eigenvalue weighted by atomic mass is 10.2. The molecule has 1 saturated heterocycles. The first-order chi connectivity index (χ1) is 9.11. The van der Waals surface area contributed by atoms with Crippen molar-refractivity contribution >= 4 is 11.7 Å². The Bertz CT molecular complexity index is 535. The number of aromatic nitrogens is 1. The molecule has 0 aromatic carbocycles. The van der Waals surface area contributed by atoms with Crippen LogP contribution in [-0.2, 0) is 4.79 Å². The summed E-state index contributed by atoms with van der Waals surface area (Å²) in [4.78, 5) is 19.3. The molecule has 0 bridgehead atoms. The number of rotatable bonds is 1. The second-order valence-electron chi connectivity index (χ2n) is 4.49. The molecule has 2 rings (SSSR count).